The molecule has 0 fully saturated rings. The van der Waals surface area contributed by atoms with Crippen molar-refractivity contribution in [2.24, 2.45) is 0 Å². The van der Waals surface area contributed by atoms with Crippen LogP contribution in [0.3, 0.4) is 0 Å². The van der Waals surface area contributed by atoms with Crippen LogP contribution in [0.5, 0.6) is 0 Å². The Morgan fingerprint density at radius 3 is 2.63 bits per heavy atom. The van der Waals surface area contributed by atoms with Crippen LogP contribution in [0.4, 0.5) is 0 Å². The summed E-state index contributed by atoms with van der Waals surface area (Å²) in [4.78, 5) is 10.7. The van der Waals surface area contributed by atoms with E-state index < -0.39 is 16.1 Å². The van der Waals surface area contributed by atoms with E-state index >= 15 is 0 Å². The zero-order valence-electron chi connectivity index (χ0n) is 10.9. The third-order valence-corrected chi connectivity index (χ3v) is 3.90. The fourth-order valence-corrected chi connectivity index (χ4v) is 2.54. The van der Waals surface area contributed by atoms with Crippen LogP contribution in [0, 0.1) is 0 Å². The van der Waals surface area contributed by atoms with Crippen molar-refractivity contribution < 1.29 is 18.3 Å². The van der Waals surface area contributed by atoms with Gasteiger partial charge in [-0.1, -0.05) is 12.1 Å². The van der Waals surface area contributed by atoms with Crippen molar-refractivity contribution in [2.75, 3.05) is 13.1 Å². The Bertz CT molecular complexity index is 540. The first-order valence-electron chi connectivity index (χ1n) is 5.85. The first kappa shape index (κ1) is 15.6. The van der Waals surface area contributed by atoms with Crippen molar-refractivity contribution in [2.45, 2.75) is 24.8 Å². The second kappa shape index (κ2) is 6.65. The third kappa shape index (κ3) is 4.98. The number of nitrogens with one attached hydrogen (secondary N) is 2. The lowest BCUT2D eigenvalue weighted by Gasteiger charge is -2.10. The van der Waals surface area contributed by atoms with Crippen LogP contribution in [0.15, 0.2) is 29.2 Å². The van der Waals surface area contributed by atoms with Crippen molar-refractivity contribution in [3.63, 3.8) is 0 Å². The summed E-state index contributed by atoms with van der Waals surface area (Å²) in [5.41, 5.74) is 0.532. The number of hydrogen-bond acceptors (Lipinski definition) is 4. The summed E-state index contributed by atoms with van der Waals surface area (Å²) in [6.07, 6.45) is -0.727. The van der Waals surface area contributed by atoms with Crippen LogP contribution >= 0.6 is 0 Å². The minimum absolute atomic E-state index is 0.0914. The van der Waals surface area contributed by atoms with Gasteiger partial charge in [-0.25, -0.2) is 13.1 Å². The number of amides is 1. The molecule has 1 unspecified atom stereocenters. The molecule has 0 heterocycles. The summed E-state index contributed by atoms with van der Waals surface area (Å²) in [5, 5.41) is 11.9. The van der Waals surface area contributed by atoms with E-state index in [1.165, 1.54) is 19.1 Å². The fraction of sp³-hybridized carbons (Fsp3) is 0.417. The van der Waals surface area contributed by atoms with E-state index in [-0.39, 0.29) is 23.9 Å². The molecule has 6 nitrogen and oxygen atoms in total. The maximum absolute atomic E-state index is 11.9. The first-order chi connectivity index (χ1) is 8.83. The quantitative estimate of drug-likeness (QED) is 0.649. The molecule has 0 radical (unpaired) electrons. The molecular formula is C12H18N2O4S. The second-order valence-electron chi connectivity index (χ2n) is 4.13. The van der Waals surface area contributed by atoms with Gasteiger partial charge in [0.2, 0.25) is 15.9 Å². The SMILES string of the molecule is CC(=O)NCCNS(=O)(=O)c1cccc(C(C)O)c1. The zero-order chi connectivity index (χ0) is 14.5. The van der Waals surface area contributed by atoms with Gasteiger partial charge in [0.25, 0.3) is 0 Å². The smallest absolute Gasteiger partial charge is 0.240 e. The minimum atomic E-state index is -3.63. The molecule has 106 valence electrons. The summed E-state index contributed by atoms with van der Waals surface area (Å²) in [7, 11) is -3.63. The van der Waals surface area contributed by atoms with Crippen LogP contribution in [-0.2, 0) is 14.8 Å². The van der Waals surface area contributed by atoms with E-state index in [1.807, 2.05) is 0 Å². The van der Waals surface area contributed by atoms with E-state index in [9.17, 15) is 18.3 Å². The van der Waals surface area contributed by atoms with Gasteiger partial charge in [0.15, 0.2) is 0 Å². The molecule has 0 aliphatic heterocycles. The lowest BCUT2D eigenvalue weighted by atomic mass is 10.1. The summed E-state index contributed by atoms with van der Waals surface area (Å²) in [6, 6.07) is 6.10. The normalized spacial score (nSPS) is 13.0. The topological polar surface area (TPSA) is 95.5 Å². The molecular weight excluding hydrogens is 268 g/mol. The van der Waals surface area contributed by atoms with Crippen LogP contribution in [0.25, 0.3) is 0 Å². The molecule has 3 N–H and O–H groups in total. The van der Waals surface area contributed by atoms with Crippen molar-refractivity contribution in [3.8, 4) is 0 Å². The number of rotatable bonds is 6. The minimum Gasteiger partial charge on any atom is -0.389 e. The molecule has 0 saturated carbocycles. The molecule has 1 aromatic carbocycles. The van der Waals surface area contributed by atoms with E-state index in [0.29, 0.717) is 5.56 Å². The fourth-order valence-electron chi connectivity index (χ4n) is 1.45. The molecule has 0 spiro atoms. The van der Waals surface area contributed by atoms with Crippen LogP contribution in [0.1, 0.15) is 25.5 Å². The summed E-state index contributed by atoms with van der Waals surface area (Å²) < 4.78 is 26.3. The lowest BCUT2D eigenvalue weighted by Crippen LogP contribution is -2.33. The lowest BCUT2D eigenvalue weighted by molar-refractivity contribution is -0.118. The molecule has 1 aromatic rings. The predicted octanol–water partition coefficient (Wildman–Crippen LogP) is 0.154. The largest absolute Gasteiger partial charge is 0.389 e. The molecule has 19 heavy (non-hydrogen) atoms. The third-order valence-electron chi connectivity index (χ3n) is 2.44. The molecule has 0 aliphatic carbocycles. The number of hydrogen-bond donors (Lipinski definition) is 3. The van der Waals surface area contributed by atoms with Crippen molar-refractivity contribution in [1.82, 2.24) is 10.0 Å². The van der Waals surface area contributed by atoms with Gasteiger partial charge in [-0.05, 0) is 24.6 Å². The van der Waals surface area contributed by atoms with Gasteiger partial charge in [-0.3, -0.25) is 4.79 Å². The van der Waals surface area contributed by atoms with Crippen LogP contribution in [0.2, 0.25) is 0 Å². The van der Waals surface area contributed by atoms with Gasteiger partial charge in [0.05, 0.1) is 11.0 Å². The molecule has 0 bridgehead atoms. The Labute approximate surface area is 112 Å². The van der Waals surface area contributed by atoms with Crippen molar-refractivity contribution in [3.05, 3.63) is 29.8 Å². The monoisotopic (exact) mass is 286 g/mol. The average molecular weight is 286 g/mol. The van der Waals surface area contributed by atoms with Gasteiger partial charge in [-0.15, -0.1) is 0 Å². The number of aliphatic hydroxyl groups is 1. The molecule has 0 aliphatic rings. The van der Waals surface area contributed by atoms with Gasteiger partial charge < -0.3 is 10.4 Å². The highest BCUT2D eigenvalue weighted by atomic mass is 32.2. The van der Waals surface area contributed by atoms with E-state index in [4.69, 9.17) is 0 Å². The Kier molecular flexibility index (Phi) is 5.46. The van der Waals surface area contributed by atoms with E-state index in [2.05, 4.69) is 10.0 Å². The summed E-state index contributed by atoms with van der Waals surface area (Å²) >= 11 is 0. The Hall–Kier alpha value is -1.44. The zero-order valence-corrected chi connectivity index (χ0v) is 11.7. The number of benzene rings is 1. The van der Waals surface area contributed by atoms with Gasteiger partial charge >= 0.3 is 0 Å². The second-order valence-corrected chi connectivity index (χ2v) is 5.90. The number of aliphatic hydroxyl groups excluding tert-OH is 1. The average Bonchev–Trinajstić information content (AvgIpc) is 2.34. The van der Waals surface area contributed by atoms with E-state index in [1.54, 1.807) is 19.1 Å². The Morgan fingerprint density at radius 1 is 1.37 bits per heavy atom. The maximum Gasteiger partial charge on any atom is 0.240 e. The Balaban J connectivity index is 2.72. The Morgan fingerprint density at radius 2 is 2.05 bits per heavy atom. The highest BCUT2D eigenvalue weighted by Crippen LogP contribution is 2.16. The number of carbonyl (C=O) groups is 1. The molecule has 1 amide bonds. The maximum atomic E-state index is 11.9. The standard InChI is InChI=1S/C12H18N2O4S/c1-9(15)11-4-3-5-12(8-11)19(17,18)14-7-6-13-10(2)16/h3-5,8-9,14-15H,6-7H2,1-2H3,(H,13,16). The number of carbonyl (C=O) groups excluding carboxylic acids is 1. The molecule has 0 aromatic heterocycles. The highest BCUT2D eigenvalue weighted by Gasteiger charge is 2.14. The molecule has 1 rings (SSSR count). The molecule has 0 saturated heterocycles. The predicted molar refractivity (Wildman–Crippen MR) is 70.9 cm³/mol. The summed E-state index contributed by atoms with van der Waals surface area (Å²) in [6.45, 7) is 3.27. The van der Waals surface area contributed by atoms with Gasteiger partial charge in [-0.2, -0.15) is 0 Å². The van der Waals surface area contributed by atoms with E-state index in [0.717, 1.165) is 0 Å². The molecule has 7 heteroatoms. The van der Waals surface area contributed by atoms with Gasteiger partial charge in [0.1, 0.15) is 0 Å². The van der Waals surface area contributed by atoms with Crippen molar-refractivity contribution >= 4 is 15.9 Å². The number of sulfonamides is 1. The highest BCUT2D eigenvalue weighted by molar-refractivity contribution is 7.89. The molecule has 1 atom stereocenters. The van der Waals surface area contributed by atoms with Crippen LogP contribution in [-0.4, -0.2) is 32.5 Å². The van der Waals surface area contributed by atoms with Gasteiger partial charge in [0, 0.05) is 20.0 Å². The summed E-state index contributed by atoms with van der Waals surface area (Å²) in [5.74, 6) is -0.213. The van der Waals surface area contributed by atoms with Crippen LogP contribution < -0.4 is 10.0 Å². The first-order valence-corrected chi connectivity index (χ1v) is 7.33. The van der Waals surface area contributed by atoms with Crippen molar-refractivity contribution in [1.29, 1.82) is 0 Å².